The second-order valence-corrected chi connectivity index (χ2v) is 7.10. The molecule has 0 atom stereocenters. The molecule has 1 aliphatic heterocycles. The van der Waals surface area contributed by atoms with E-state index in [-0.39, 0.29) is 11.1 Å². The minimum Gasteiger partial charge on any atom is -0.309 e. The third-order valence-electron chi connectivity index (χ3n) is 4.10. The van der Waals surface area contributed by atoms with E-state index in [1.165, 1.54) is 0 Å². The summed E-state index contributed by atoms with van der Waals surface area (Å²) in [6.45, 7) is 11.0. The Kier molecular flexibility index (Phi) is 4.10. The maximum atomic E-state index is 12.6. The topological polar surface area (TPSA) is 15.3 Å². The van der Waals surface area contributed by atoms with Gasteiger partial charge in [0.15, 0.2) is 0 Å². The maximum Gasteiger partial charge on any atom is 0.416 e. The molecule has 1 saturated heterocycles. The van der Waals surface area contributed by atoms with Gasteiger partial charge in [-0.2, -0.15) is 13.2 Å². The first-order valence-electron chi connectivity index (χ1n) is 7.16. The highest BCUT2D eigenvalue weighted by molar-refractivity contribution is 5.25. The highest BCUT2D eigenvalue weighted by Crippen LogP contribution is 2.30. The van der Waals surface area contributed by atoms with E-state index >= 15 is 0 Å². The number of benzene rings is 1. The van der Waals surface area contributed by atoms with Crippen LogP contribution in [0.3, 0.4) is 0 Å². The number of rotatable bonds is 2. The summed E-state index contributed by atoms with van der Waals surface area (Å²) < 4.78 is 37.8. The molecule has 0 aliphatic carbocycles. The molecule has 1 aromatic carbocycles. The molecule has 0 bridgehead atoms. The minimum atomic E-state index is -4.27. The van der Waals surface area contributed by atoms with E-state index in [9.17, 15) is 13.2 Å². The lowest BCUT2D eigenvalue weighted by Crippen LogP contribution is -2.65. The van der Waals surface area contributed by atoms with E-state index in [0.29, 0.717) is 6.54 Å². The Morgan fingerprint density at radius 1 is 1.10 bits per heavy atom. The predicted molar refractivity (Wildman–Crippen MR) is 78.0 cm³/mol. The van der Waals surface area contributed by atoms with Gasteiger partial charge in [0.1, 0.15) is 0 Å². The second-order valence-electron chi connectivity index (χ2n) is 7.10. The van der Waals surface area contributed by atoms with E-state index in [1.807, 2.05) is 0 Å². The Bertz CT molecular complexity index is 489. The lowest BCUT2D eigenvalue weighted by molar-refractivity contribution is -0.137. The van der Waals surface area contributed by atoms with Gasteiger partial charge in [-0.3, -0.25) is 4.90 Å². The van der Waals surface area contributed by atoms with Crippen molar-refractivity contribution in [1.82, 2.24) is 10.2 Å². The zero-order chi connectivity index (χ0) is 15.9. The molecule has 0 radical (unpaired) electrons. The molecule has 0 saturated carbocycles. The number of alkyl halides is 3. The second kappa shape index (κ2) is 5.29. The third kappa shape index (κ3) is 3.98. The van der Waals surface area contributed by atoms with Crippen molar-refractivity contribution in [3.8, 4) is 0 Å². The van der Waals surface area contributed by atoms with E-state index in [2.05, 4.69) is 37.9 Å². The van der Waals surface area contributed by atoms with Crippen molar-refractivity contribution in [3.63, 3.8) is 0 Å². The monoisotopic (exact) mass is 300 g/mol. The molecule has 118 valence electrons. The molecule has 1 heterocycles. The lowest BCUT2D eigenvalue weighted by atomic mass is 9.91. The molecule has 0 spiro atoms. The number of hydrogen-bond donors (Lipinski definition) is 1. The van der Waals surface area contributed by atoms with Crippen LogP contribution >= 0.6 is 0 Å². The highest BCUT2D eigenvalue weighted by Gasteiger charge is 2.37. The van der Waals surface area contributed by atoms with Gasteiger partial charge in [-0.1, -0.05) is 12.1 Å². The molecule has 1 fully saturated rings. The lowest BCUT2D eigenvalue weighted by Gasteiger charge is -2.49. The number of hydrogen-bond acceptors (Lipinski definition) is 2. The number of halogens is 3. The van der Waals surface area contributed by atoms with E-state index in [0.717, 1.165) is 30.8 Å². The van der Waals surface area contributed by atoms with Gasteiger partial charge in [-0.05, 0) is 45.4 Å². The predicted octanol–water partition coefficient (Wildman–Crippen LogP) is 3.67. The summed E-state index contributed by atoms with van der Waals surface area (Å²) in [7, 11) is 0. The van der Waals surface area contributed by atoms with Gasteiger partial charge < -0.3 is 5.32 Å². The SMILES string of the molecule is CC1(C)CN(Cc2ccc(C(F)(F)F)cc2)C(C)(C)CN1. The molecule has 0 aromatic heterocycles. The third-order valence-corrected chi connectivity index (χ3v) is 4.10. The van der Waals surface area contributed by atoms with Crippen LogP contribution in [0.4, 0.5) is 13.2 Å². The van der Waals surface area contributed by atoms with Crippen molar-refractivity contribution >= 4 is 0 Å². The Morgan fingerprint density at radius 2 is 1.67 bits per heavy atom. The maximum absolute atomic E-state index is 12.6. The van der Waals surface area contributed by atoms with Crippen LogP contribution in [0, 0.1) is 0 Å². The van der Waals surface area contributed by atoms with Gasteiger partial charge in [0.2, 0.25) is 0 Å². The van der Waals surface area contributed by atoms with Gasteiger partial charge in [-0.15, -0.1) is 0 Å². The largest absolute Gasteiger partial charge is 0.416 e. The van der Waals surface area contributed by atoms with Crippen LogP contribution < -0.4 is 5.32 Å². The smallest absolute Gasteiger partial charge is 0.309 e. The Hall–Kier alpha value is -1.07. The van der Waals surface area contributed by atoms with Crippen molar-refractivity contribution in [2.24, 2.45) is 0 Å². The first kappa shape index (κ1) is 16.3. The molecule has 1 aliphatic rings. The quantitative estimate of drug-likeness (QED) is 0.896. The Morgan fingerprint density at radius 3 is 2.19 bits per heavy atom. The molecule has 5 heteroatoms. The first-order valence-corrected chi connectivity index (χ1v) is 7.16. The fourth-order valence-electron chi connectivity index (χ4n) is 2.60. The summed E-state index contributed by atoms with van der Waals surface area (Å²) in [5, 5.41) is 3.50. The van der Waals surface area contributed by atoms with Crippen molar-refractivity contribution in [2.75, 3.05) is 13.1 Å². The summed E-state index contributed by atoms with van der Waals surface area (Å²) >= 11 is 0. The first-order chi connectivity index (χ1) is 9.50. The van der Waals surface area contributed by atoms with E-state index in [4.69, 9.17) is 0 Å². The van der Waals surface area contributed by atoms with Crippen LogP contribution in [0.1, 0.15) is 38.8 Å². The summed E-state index contributed by atoms with van der Waals surface area (Å²) in [5.41, 5.74) is 0.319. The van der Waals surface area contributed by atoms with Crippen LogP contribution in [0.25, 0.3) is 0 Å². The zero-order valence-electron chi connectivity index (χ0n) is 13.0. The average molecular weight is 300 g/mol. The molecule has 21 heavy (non-hydrogen) atoms. The van der Waals surface area contributed by atoms with Crippen LogP contribution in [0.15, 0.2) is 24.3 Å². The van der Waals surface area contributed by atoms with Crippen LogP contribution in [-0.4, -0.2) is 29.1 Å². The molecular weight excluding hydrogens is 277 g/mol. The standard InChI is InChI=1S/C16H23F3N2/c1-14(2)11-21(15(3,4)10-20-14)9-12-5-7-13(8-6-12)16(17,18)19/h5-8,20H,9-11H2,1-4H3. The van der Waals surface area contributed by atoms with Crippen molar-refractivity contribution < 1.29 is 13.2 Å². The summed E-state index contributed by atoms with van der Waals surface area (Å²) in [5.74, 6) is 0. The number of nitrogens with one attached hydrogen (secondary N) is 1. The van der Waals surface area contributed by atoms with Crippen LogP contribution in [0.5, 0.6) is 0 Å². The minimum absolute atomic E-state index is 0.0153. The zero-order valence-corrected chi connectivity index (χ0v) is 13.0. The Balaban J connectivity index is 2.13. The molecule has 1 N–H and O–H groups in total. The van der Waals surface area contributed by atoms with Crippen molar-refractivity contribution in [3.05, 3.63) is 35.4 Å². The molecule has 2 rings (SSSR count). The molecule has 1 aromatic rings. The van der Waals surface area contributed by atoms with Gasteiger partial charge >= 0.3 is 6.18 Å². The number of nitrogens with zero attached hydrogens (tertiary/aromatic N) is 1. The molecule has 0 unspecified atom stereocenters. The molecule has 2 nitrogen and oxygen atoms in total. The van der Waals surface area contributed by atoms with E-state index < -0.39 is 11.7 Å². The summed E-state index contributed by atoms with van der Waals surface area (Å²) in [6, 6.07) is 5.48. The van der Waals surface area contributed by atoms with Gasteiger partial charge in [0, 0.05) is 30.7 Å². The fourth-order valence-corrected chi connectivity index (χ4v) is 2.60. The Labute approximate surface area is 124 Å². The van der Waals surface area contributed by atoms with Gasteiger partial charge in [-0.25, -0.2) is 0 Å². The van der Waals surface area contributed by atoms with Crippen molar-refractivity contribution in [1.29, 1.82) is 0 Å². The fraction of sp³-hybridized carbons (Fsp3) is 0.625. The highest BCUT2D eigenvalue weighted by atomic mass is 19.4. The summed E-state index contributed by atoms with van der Waals surface area (Å²) in [4.78, 5) is 2.33. The molecular formula is C16H23F3N2. The number of piperazine rings is 1. The summed E-state index contributed by atoms with van der Waals surface area (Å²) in [6.07, 6.45) is -4.27. The average Bonchev–Trinajstić information content (AvgIpc) is 2.34. The van der Waals surface area contributed by atoms with Crippen LogP contribution in [-0.2, 0) is 12.7 Å². The van der Waals surface area contributed by atoms with Crippen LogP contribution in [0.2, 0.25) is 0 Å². The molecule has 0 amide bonds. The van der Waals surface area contributed by atoms with Gasteiger partial charge in [0.25, 0.3) is 0 Å². The van der Waals surface area contributed by atoms with Crippen molar-refractivity contribution in [2.45, 2.75) is 51.5 Å². The van der Waals surface area contributed by atoms with E-state index in [1.54, 1.807) is 12.1 Å². The van der Waals surface area contributed by atoms with Gasteiger partial charge in [0.05, 0.1) is 5.56 Å². The normalized spacial score (nSPS) is 22.2.